The van der Waals surface area contributed by atoms with Crippen LogP contribution in [-0.4, -0.2) is 26.4 Å². The molecule has 80 valence electrons. The monoisotopic (exact) mass is 205 g/mol. The van der Waals surface area contributed by atoms with E-state index in [9.17, 15) is 0 Å². The van der Waals surface area contributed by atoms with Crippen molar-refractivity contribution in [1.29, 1.82) is 0 Å². The molecule has 0 aliphatic rings. The maximum absolute atomic E-state index is 5.73. The summed E-state index contributed by atoms with van der Waals surface area (Å²) >= 11 is 0. The lowest BCUT2D eigenvalue weighted by Crippen LogP contribution is -2.16. The van der Waals surface area contributed by atoms with Gasteiger partial charge in [0.15, 0.2) is 11.5 Å². The van der Waals surface area contributed by atoms with Gasteiger partial charge in [0.05, 0.1) is 0 Å². The fourth-order valence-electron chi connectivity index (χ4n) is 1.72. The average Bonchev–Trinajstić information content (AvgIpc) is 2.70. The van der Waals surface area contributed by atoms with Gasteiger partial charge in [0.1, 0.15) is 0 Å². The van der Waals surface area contributed by atoms with E-state index in [-0.39, 0.29) is 5.92 Å². The third kappa shape index (κ3) is 1.83. The summed E-state index contributed by atoms with van der Waals surface area (Å²) in [5.74, 6) is 1.12. The van der Waals surface area contributed by atoms with E-state index in [1.807, 2.05) is 12.1 Å². The normalized spacial score (nSPS) is 13.2. The van der Waals surface area contributed by atoms with Crippen LogP contribution in [0, 0.1) is 0 Å². The highest BCUT2D eigenvalue weighted by Gasteiger charge is 2.16. The number of fused-ring (bicyclic) bond motifs is 1. The summed E-state index contributed by atoms with van der Waals surface area (Å²) in [6, 6.07) is 3.74. The topological polar surface area (TPSA) is 69.1 Å². The van der Waals surface area contributed by atoms with Crippen molar-refractivity contribution >= 4 is 5.65 Å². The lowest BCUT2D eigenvalue weighted by Gasteiger charge is -2.10. The van der Waals surface area contributed by atoms with Gasteiger partial charge in [-0.15, -0.1) is 10.2 Å². The van der Waals surface area contributed by atoms with Gasteiger partial charge in [0, 0.05) is 18.7 Å². The number of nitrogens with zero attached hydrogens (tertiary/aromatic N) is 4. The largest absolute Gasteiger partial charge is 0.330 e. The van der Waals surface area contributed by atoms with Gasteiger partial charge in [-0.3, -0.25) is 0 Å². The standard InChI is InChI=1S/C10H15N5/c1-2-4-8(7-11)10-14-13-9-5-3-6-12-15(9)10/h3,5-6,8H,2,4,7,11H2,1H3. The van der Waals surface area contributed by atoms with Crippen LogP contribution in [0.2, 0.25) is 0 Å². The molecule has 0 spiro atoms. The minimum absolute atomic E-state index is 0.250. The summed E-state index contributed by atoms with van der Waals surface area (Å²) in [5, 5.41) is 12.4. The Bertz CT molecular complexity index is 436. The first-order chi connectivity index (χ1) is 7.36. The molecule has 0 fully saturated rings. The second-order valence-corrected chi connectivity index (χ2v) is 3.57. The molecule has 0 radical (unpaired) electrons. The fraction of sp³-hybridized carbons (Fsp3) is 0.500. The Kier molecular flexibility index (Phi) is 2.91. The van der Waals surface area contributed by atoms with Crippen LogP contribution >= 0.6 is 0 Å². The maximum Gasteiger partial charge on any atom is 0.177 e. The smallest absolute Gasteiger partial charge is 0.177 e. The highest BCUT2D eigenvalue weighted by Crippen LogP contribution is 2.17. The van der Waals surface area contributed by atoms with Crippen LogP contribution in [0.25, 0.3) is 5.65 Å². The maximum atomic E-state index is 5.73. The molecule has 2 N–H and O–H groups in total. The fourth-order valence-corrected chi connectivity index (χ4v) is 1.72. The van der Waals surface area contributed by atoms with Crippen molar-refractivity contribution in [3.05, 3.63) is 24.2 Å². The van der Waals surface area contributed by atoms with Crippen molar-refractivity contribution in [2.24, 2.45) is 5.73 Å². The van der Waals surface area contributed by atoms with Gasteiger partial charge in [0.2, 0.25) is 0 Å². The number of nitrogens with two attached hydrogens (primary N) is 1. The molecule has 1 unspecified atom stereocenters. The highest BCUT2D eigenvalue weighted by molar-refractivity contribution is 5.35. The molecule has 2 rings (SSSR count). The summed E-state index contributed by atoms with van der Waals surface area (Å²) in [5.41, 5.74) is 6.51. The van der Waals surface area contributed by atoms with E-state index in [0.717, 1.165) is 24.3 Å². The molecule has 0 aromatic carbocycles. The van der Waals surface area contributed by atoms with Crippen LogP contribution in [0.3, 0.4) is 0 Å². The van der Waals surface area contributed by atoms with Crippen LogP contribution in [0.1, 0.15) is 31.5 Å². The molecule has 0 amide bonds. The third-order valence-corrected chi connectivity index (χ3v) is 2.49. The minimum Gasteiger partial charge on any atom is -0.330 e. The zero-order valence-corrected chi connectivity index (χ0v) is 8.80. The third-order valence-electron chi connectivity index (χ3n) is 2.49. The van der Waals surface area contributed by atoms with Gasteiger partial charge in [-0.25, -0.2) is 0 Å². The van der Waals surface area contributed by atoms with Crippen molar-refractivity contribution in [2.45, 2.75) is 25.7 Å². The van der Waals surface area contributed by atoms with E-state index in [1.165, 1.54) is 0 Å². The Labute approximate surface area is 88.3 Å². The Morgan fingerprint density at radius 3 is 3.07 bits per heavy atom. The molecule has 0 saturated heterocycles. The van der Waals surface area contributed by atoms with E-state index in [2.05, 4.69) is 22.2 Å². The molecule has 15 heavy (non-hydrogen) atoms. The lowest BCUT2D eigenvalue weighted by molar-refractivity contribution is 0.572. The van der Waals surface area contributed by atoms with Gasteiger partial charge in [-0.2, -0.15) is 9.61 Å². The second-order valence-electron chi connectivity index (χ2n) is 3.57. The Morgan fingerprint density at radius 2 is 2.33 bits per heavy atom. The Balaban J connectivity index is 2.41. The number of hydrogen-bond donors (Lipinski definition) is 1. The zero-order valence-electron chi connectivity index (χ0n) is 8.80. The average molecular weight is 205 g/mol. The summed E-state index contributed by atoms with van der Waals surface area (Å²) in [6.45, 7) is 2.73. The van der Waals surface area contributed by atoms with Crippen molar-refractivity contribution in [2.75, 3.05) is 6.54 Å². The van der Waals surface area contributed by atoms with E-state index in [4.69, 9.17) is 5.73 Å². The van der Waals surface area contributed by atoms with Crippen molar-refractivity contribution in [3.63, 3.8) is 0 Å². The predicted molar refractivity (Wildman–Crippen MR) is 57.5 cm³/mol. The van der Waals surface area contributed by atoms with Crippen LogP contribution in [-0.2, 0) is 0 Å². The van der Waals surface area contributed by atoms with Gasteiger partial charge < -0.3 is 5.73 Å². The molecule has 0 saturated carbocycles. The van der Waals surface area contributed by atoms with E-state index >= 15 is 0 Å². The predicted octanol–water partition coefficient (Wildman–Crippen LogP) is 0.967. The SMILES string of the molecule is CCCC(CN)c1nnc2cccnn12. The first-order valence-electron chi connectivity index (χ1n) is 5.23. The van der Waals surface area contributed by atoms with E-state index < -0.39 is 0 Å². The minimum atomic E-state index is 0.250. The molecule has 0 bridgehead atoms. The molecular weight excluding hydrogens is 190 g/mol. The molecule has 5 nitrogen and oxygen atoms in total. The molecule has 2 aromatic heterocycles. The van der Waals surface area contributed by atoms with E-state index in [1.54, 1.807) is 10.7 Å². The first kappa shape index (κ1) is 10.0. The summed E-state index contributed by atoms with van der Waals surface area (Å²) in [6.07, 6.45) is 3.84. The second kappa shape index (κ2) is 4.35. The van der Waals surface area contributed by atoms with Gasteiger partial charge in [-0.1, -0.05) is 13.3 Å². The van der Waals surface area contributed by atoms with Crippen molar-refractivity contribution in [1.82, 2.24) is 19.8 Å². The molecule has 0 aliphatic heterocycles. The number of aromatic nitrogens is 4. The van der Waals surface area contributed by atoms with Crippen LogP contribution in [0.5, 0.6) is 0 Å². The summed E-state index contributed by atoms with van der Waals surface area (Å²) in [4.78, 5) is 0. The van der Waals surface area contributed by atoms with Crippen LogP contribution < -0.4 is 5.73 Å². The molecular formula is C10H15N5. The zero-order chi connectivity index (χ0) is 10.7. The first-order valence-corrected chi connectivity index (χ1v) is 5.23. The highest BCUT2D eigenvalue weighted by atomic mass is 15.4. The molecule has 0 aliphatic carbocycles. The number of rotatable bonds is 4. The molecule has 2 aromatic rings. The van der Waals surface area contributed by atoms with Crippen molar-refractivity contribution in [3.8, 4) is 0 Å². The van der Waals surface area contributed by atoms with Gasteiger partial charge >= 0.3 is 0 Å². The summed E-state index contributed by atoms with van der Waals surface area (Å²) < 4.78 is 1.77. The number of hydrogen-bond acceptors (Lipinski definition) is 4. The van der Waals surface area contributed by atoms with Crippen molar-refractivity contribution < 1.29 is 0 Å². The van der Waals surface area contributed by atoms with Gasteiger partial charge in [0.25, 0.3) is 0 Å². The quantitative estimate of drug-likeness (QED) is 0.807. The van der Waals surface area contributed by atoms with Gasteiger partial charge in [-0.05, 0) is 18.6 Å². The lowest BCUT2D eigenvalue weighted by atomic mass is 10.0. The summed E-state index contributed by atoms with van der Waals surface area (Å²) in [7, 11) is 0. The molecule has 1 atom stereocenters. The molecule has 5 heteroatoms. The van der Waals surface area contributed by atoms with Crippen LogP contribution in [0.4, 0.5) is 0 Å². The Morgan fingerprint density at radius 1 is 1.47 bits per heavy atom. The van der Waals surface area contributed by atoms with E-state index in [0.29, 0.717) is 6.54 Å². The van der Waals surface area contributed by atoms with Crippen LogP contribution in [0.15, 0.2) is 18.3 Å². The molecule has 2 heterocycles. The Hall–Kier alpha value is -1.49.